The molecular formula is C15H35N. The number of piperidine rings is 1. The number of rotatable bonds is 0. The van der Waals surface area contributed by atoms with Crippen LogP contribution in [-0.2, 0) is 0 Å². The summed E-state index contributed by atoms with van der Waals surface area (Å²) < 4.78 is 0. The minimum absolute atomic E-state index is 0.529. The standard InChI is InChI=1S/C10H21N.C3H8.C2H6/c1-10(2,3)9-5-7-11(4)8-6-9;1-3-2;1-2/h9H,5-8H2,1-4H3;3H2,1-2H3;1-2H3. The maximum absolute atomic E-state index is 2.43. The molecule has 0 unspecified atom stereocenters. The maximum Gasteiger partial charge on any atom is -0.00189 e. The quantitative estimate of drug-likeness (QED) is 0.576. The van der Waals surface area contributed by atoms with Crippen LogP contribution in [-0.4, -0.2) is 25.0 Å². The predicted octanol–water partition coefficient (Wildman–Crippen LogP) is 4.82. The van der Waals surface area contributed by atoms with Gasteiger partial charge in [-0.15, -0.1) is 0 Å². The summed E-state index contributed by atoms with van der Waals surface area (Å²) in [6.45, 7) is 17.9. The summed E-state index contributed by atoms with van der Waals surface area (Å²) in [6, 6.07) is 0. The molecule has 0 aromatic heterocycles. The van der Waals surface area contributed by atoms with Crippen molar-refractivity contribution in [3.05, 3.63) is 0 Å². The first-order valence-corrected chi connectivity index (χ1v) is 7.10. The van der Waals surface area contributed by atoms with Crippen LogP contribution in [0.25, 0.3) is 0 Å². The molecule has 1 heteroatoms. The lowest BCUT2D eigenvalue weighted by Gasteiger charge is -2.37. The number of likely N-dealkylation sites (tertiary alicyclic amines) is 1. The first-order valence-electron chi connectivity index (χ1n) is 7.10. The highest BCUT2D eigenvalue weighted by Gasteiger charge is 2.27. The maximum atomic E-state index is 2.43. The van der Waals surface area contributed by atoms with E-state index in [1.807, 2.05) is 13.8 Å². The summed E-state index contributed by atoms with van der Waals surface area (Å²) in [5.74, 6) is 0.943. The highest BCUT2D eigenvalue weighted by Crippen LogP contribution is 2.33. The Morgan fingerprint density at radius 3 is 1.56 bits per heavy atom. The van der Waals surface area contributed by atoms with Crippen molar-refractivity contribution < 1.29 is 0 Å². The molecule has 0 saturated carbocycles. The highest BCUT2D eigenvalue weighted by atomic mass is 15.1. The molecule has 0 amide bonds. The van der Waals surface area contributed by atoms with Crippen LogP contribution in [0.15, 0.2) is 0 Å². The first kappa shape index (κ1) is 18.3. The Morgan fingerprint density at radius 2 is 1.31 bits per heavy atom. The van der Waals surface area contributed by atoms with Gasteiger partial charge in [-0.25, -0.2) is 0 Å². The SMILES string of the molecule is CC.CCC.CN1CCC(C(C)(C)C)CC1. The molecular weight excluding hydrogens is 194 g/mol. The van der Waals surface area contributed by atoms with Gasteiger partial charge in [-0.05, 0) is 44.3 Å². The molecule has 1 saturated heterocycles. The molecule has 16 heavy (non-hydrogen) atoms. The second kappa shape index (κ2) is 10.1. The zero-order chi connectivity index (χ0) is 13.2. The summed E-state index contributed by atoms with van der Waals surface area (Å²) in [5, 5.41) is 0. The first-order chi connectivity index (χ1) is 7.41. The molecule has 1 rings (SSSR count). The Kier molecular flexibility index (Phi) is 11.6. The fourth-order valence-electron chi connectivity index (χ4n) is 1.87. The average molecular weight is 229 g/mol. The van der Waals surface area contributed by atoms with Gasteiger partial charge in [0.15, 0.2) is 0 Å². The second-order valence-corrected chi connectivity index (χ2v) is 5.65. The van der Waals surface area contributed by atoms with Gasteiger partial charge in [0, 0.05) is 0 Å². The van der Waals surface area contributed by atoms with Crippen LogP contribution in [0, 0.1) is 11.3 Å². The Labute approximate surface area is 105 Å². The molecule has 0 radical (unpaired) electrons. The number of nitrogens with zero attached hydrogens (tertiary/aromatic N) is 1. The van der Waals surface area contributed by atoms with Gasteiger partial charge in [-0.2, -0.15) is 0 Å². The second-order valence-electron chi connectivity index (χ2n) is 5.65. The molecule has 0 atom stereocenters. The molecule has 1 fully saturated rings. The largest absolute Gasteiger partial charge is 0.306 e. The third kappa shape index (κ3) is 9.21. The lowest BCUT2D eigenvalue weighted by atomic mass is 9.75. The van der Waals surface area contributed by atoms with E-state index in [0.29, 0.717) is 5.41 Å². The van der Waals surface area contributed by atoms with E-state index < -0.39 is 0 Å². The van der Waals surface area contributed by atoms with E-state index in [2.05, 4.69) is 46.6 Å². The zero-order valence-electron chi connectivity index (χ0n) is 13.1. The summed E-state index contributed by atoms with van der Waals surface area (Å²) in [5.41, 5.74) is 0.529. The summed E-state index contributed by atoms with van der Waals surface area (Å²) in [4.78, 5) is 2.43. The van der Waals surface area contributed by atoms with Crippen LogP contribution in [0.4, 0.5) is 0 Å². The Hall–Kier alpha value is -0.0400. The third-order valence-electron chi connectivity index (χ3n) is 2.94. The van der Waals surface area contributed by atoms with E-state index >= 15 is 0 Å². The van der Waals surface area contributed by atoms with Gasteiger partial charge in [0.05, 0.1) is 0 Å². The molecule has 1 aliphatic heterocycles. The monoisotopic (exact) mass is 229 g/mol. The van der Waals surface area contributed by atoms with Crippen molar-refractivity contribution in [1.29, 1.82) is 0 Å². The van der Waals surface area contributed by atoms with Crippen molar-refractivity contribution in [3.8, 4) is 0 Å². The molecule has 1 nitrogen and oxygen atoms in total. The van der Waals surface area contributed by atoms with Crippen molar-refractivity contribution >= 4 is 0 Å². The van der Waals surface area contributed by atoms with Crippen molar-refractivity contribution in [2.75, 3.05) is 20.1 Å². The number of hydrogen-bond acceptors (Lipinski definition) is 1. The van der Waals surface area contributed by atoms with E-state index in [9.17, 15) is 0 Å². The van der Waals surface area contributed by atoms with Gasteiger partial charge in [0.2, 0.25) is 0 Å². The highest BCUT2D eigenvalue weighted by molar-refractivity contribution is 4.79. The molecule has 1 heterocycles. The Balaban J connectivity index is 0. The fourth-order valence-corrected chi connectivity index (χ4v) is 1.87. The van der Waals surface area contributed by atoms with Gasteiger partial charge in [0.1, 0.15) is 0 Å². The minimum atomic E-state index is 0.529. The van der Waals surface area contributed by atoms with Gasteiger partial charge in [-0.1, -0.05) is 54.9 Å². The van der Waals surface area contributed by atoms with Gasteiger partial charge < -0.3 is 4.90 Å². The van der Waals surface area contributed by atoms with Gasteiger partial charge in [-0.3, -0.25) is 0 Å². The van der Waals surface area contributed by atoms with Crippen molar-refractivity contribution in [3.63, 3.8) is 0 Å². The summed E-state index contributed by atoms with van der Waals surface area (Å²) >= 11 is 0. The van der Waals surface area contributed by atoms with Crippen LogP contribution in [0.5, 0.6) is 0 Å². The lowest BCUT2D eigenvalue weighted by Crippen LogP contribution is -2.35. The van der Waals surface area contributed by atoms with Crippen LogP contribution < -0.4 is 0 Å². The molecule has 0 aliphatic carbocycles. The van der Waals surface area contributed by atoms with Crippen molar-refractivity contribution in [2.24, 2.45) is 11.3 Å². The lowest BCUT2D eigenvalue weighted by molar-refractivity contribution is 0.129. The smallest absolute Gasteiger partial charge is 0.00189 e. The Bertz CT molecular complexity index is 127. The summed E-state index contributed by atoms with van der Waals surface area (Å²) in [6.07, 6.45) is 4.03. The van der Waals surface area contributed by atoms with E-state index in [-0.39, 0.29) is 0 Å². The van der Waals surface area contributed by atoms with E-state index in [0.717, 1.165) is 5.92 Å². The topological polar surface area (TPSA) is 3.24 Å². The third-order valence-corrected chi connectivity index (χ3v) is 2.94. The van der Waals surface area contributed by atoms with Gasteiger partial charge >= 0.3 is 0 Å². The van der Waals surface area contributed by atoms with E-state index in [1.165, 1.54) is 32.4 Å². The number of hydrogen-bond donors (Lipinski definition) is 0. The van der Waals surface area contributed by atoms with E-state index in [1.54, 1.807) is 0 Å². The van der Waals surface area contributed by atoms with Crippen molar-refractivity contribution in [1.82, 2.24) is 4.90 Å². The fraction of sp³-hybridized carbons (Fsp3) is 1.00. The van der Waals surface area contributed by atoms with Crippen LogP contribution >= 0.6 is 0 Å². The Morgan fingerprint density at radius 1 is 1.00 bits per heavy atom. The molecule has 1 aliphatic rings. The normalized spacial score (nSPS) is 18.0. The van der Waals surface area contributed by atoms with Crippen LogP contribution in [0.2, 0.25) is 0 Å². The molecule has 0 aromatic carbocycles. The van der Waals surface area contributed by atoms with Crippen molar-refractivity contribution in [2.45, 2.75) is 67.7 Å². The molecule has 0 aromatic rings. The van der Waals surface area contributed by atoms with E-state index in [4.69, 9.17) is 0 Å². The van der Waals surface area contributed by atoms with Crippen LogP contribution in [0.3, 0.4) is 0 Å². The zero-order valence-corrected chi connectivity index (χ0v) is 13.1. The predicted molar refractivity (Wildman–Crippen MR) is 77.0 cm³/mol. The molecule has 0 N–H and O–H groups in total. The molecule has 100 valence electrons. The van der Waals surface area contributed by atoms with Gasteiger partial charge in [0.25, 0.3) is 0 Å². The summed E-state index contributed by atoms with van der Waals surface area (Å²) in [7, 11) is 2.22. The molecule has 0 bridgehead atoms. The average Bonchev–Trinajstić information content (AvgIpc) is 2.21. The minimum Gasteiger partial charge on any atom is -0.306 e. The molecule has 0 spiro atoms. The van der Waals surface area contributed by atoms with Crippen LogP contribution in [0.1, 0.15) is 67.7 Å².